The van der Waals surface area contributed by atoms with Gasteiger partial charge in [0, 0.05) is 0 Å². The molecule has 0 spiro atoms. The van der Waals surface area contributed by atoms with Gasteiger partial charge in [-0.15, -0.1) is 0 Å². The van der Waals surface area contributed by atoms with E-state index >= 15 is 0 Å². The van der Waals surface area contributed by atoms with Crippen LogP contribution in [0.3, 0.4) is 0 Å². The van der Waals surface area contributed by atoms with E-state index in [-0.39, 0.29) is 6.54 Å². The van der Waals surface area contributed by atoms with Gasteiger partial charge >= 0.3 is 6.11 Å². The van der Waals surface area contributed by atoms with Crippen LogP contribution in [0.5, 0.6) is 0 Å². The third-order valence-electron chi connectivity index (χ3n) is 1.21. The molecule has 6 heteroatoms. The average molecular weight is 281 g/mol. The van der Waals surface area contributed by atoms with E-state index in [0.717, 1.165) is 0 Å². The van der Waals surface area contributed by atoms with Crippen molar-refractivity contribution in [3.63, 3.8) is 0 Å². The first kappa shape index (κ1) is 9.53. The van der Waals surface area contributed by atoms with Crippen molar-refractivity contribution in [3.05, 3.63) is 0 Å². The first-order chi connectivity index (χ1) is 4.81. The van der Waals surface area contributed by atoms with Crippen LogP contribution in [0.2, 0.25) is 0 Å². The van der Waals surface area contributed by atoms with E-state index in [1.165, 1.54) is 34.5 Å². The van der Waals surface area contributed by atoms with E-state index < -0.39 is 16.5 Å². The highest BCUT2D eigenvalue weighted by atomic mass is 127. The maximum atomic E-state index is 12.9. The summed E-state index contributed by atoms with van der Waals surface area (Å²) in [4.78, 5) is 1.19. The van der Waals surface area contributed by atoms with Crippen molar-refractivity contribution in [2.24, 2.45) is 0 Å². The number of halogens is 4. The van der Waals surface area contributed by atoms with Gasteiger partial charge in [0.25, 0.3) is 3.86 Å². The molecule has 0 aromatic carbocycles. The van der Waals surface area contributed by atoms with Crippen molar-refractivity contribution in [3.8, 4) is 0 Å². The molecule has 1 atom stereocenters. The topological polar surface area (TPSA) is 12.5 Å². The Morgan fingerprint density at radius 3 is 2.27 bits per heavy atom. The monoisotopic (exact) mass is 281 g/mol. The molecule has 1 rings (SSSR count). The summed E-state index contributed by atoms with van der Waals surface area (Å²) in [6.45, 7) is -0.690. The Kier molecular flexibility index (Phi) is 2.37. The molecule has 1 fully saturated rings. The van der Waals surface area contributed by atoms with Gasteiger partial charge in [0.2, 0.25) is 0 Å². The highest BCUT2D eigenvalue weighted by molar-refractivity contribution is 14.1. The van der Waals surface area contributed by atoms with Gasteiger partial charge in [-0.25, -0.2) is 0 Å². The number of alkyl halides is 4. The van der Waals surface area contributed by atoms with Crippen molar-refractivity contribution >= 4 is 22.6 Å². The van der Waals surface area contributed by atoms with Gasteiger partial charge < -0.3 is 0 Å². The van der Waals surface area contributed by atoms with Gasteiger partial charge in [-0.1, -0.05) is 0 Å². The first-order valence-corrected chi connectivity index (χ1v) is 4.03. The Labute approximate surface area is 75.8 Å². The maximum Gasteiger partial charge on any atom is 0.371 e. The second-order valence-electron chi connectivity index (χ2n) is 2.55. The number of ether oxygens (including phenoxy) is 1. The van der Waals surface area contributed by atoms with Gasteiger partial charge in [0.15, 0.2) is 0 Å². The summed E-state index contributed by atoms with van der Waals surface area (Å²) in [6, 6.07) is 0. The van der Waals surface area contributed by atoms with Crippen molar-refractivity contribution in [2.45, 2.75) is 9.97 Å². The SMILES string of the molecule is CN1CC(F)(F)OC(F)(I)C1. The summed E-state index contributed by atoms with van der Waals surface area (Å²) in [6.07, 6.45) is -3.37. The molecule has 0 aliphatic carbocycles. The molecule has 0 N–H and O–H groups in total. The molecule has 1 unspecified atom stereocenters. The predicted molar refractivity (Wildman–Crippen MR) is 41.4 cm³/mol. The van der Waals surface area contributed by atoms with Gasteiger partial charge in [0.1, 0.15) is 0 Å². The van der Waals surface area contributed by atoms with Gasteiger partial charge in [-0.2, -0.15) is 13.2 Å². The fraction of sp³-hybridized carbons (Fsp3) is 1.00. The molecule has 2 nitrogen and oxygen atoms in total. The van der Waals surface area contributed by atoms with Crippen LogP contribution in [0, 0.1) is 0 Å². The Balaban J connectivity index is 2.66. The number of hydrogen-bond donors (Lipinski definition) is 0. The third-order valence-corrected chi connectivity index (χ3v) is 1.77. The molecule has 0 aromatic rings. The quantitative estimate of drug-likeness (QED) is 0.494. The number of hydrogen-bond acceptors (Lipinski definition) is 2. The summed E-state index contributed by atoms with van der Waals surface area (Å²) < 4.78 is 39.4. The molecular weight excluding hydrogens is 274 g/mol. The zero-order chi connectivity index (χ0) is 8.70. The van der Waals surface area contributed by atoms with Crippen LogP contribution < -0.4 is 0 Å². The third kappa shape index (κ3) is 2.75. The zero-order valence-corrected chi connectivity index (χ0v) is 7.94. The number of morpholine rings is 1. The molecule has 1 heterocycles. The molecule has 1 saturated heterocycles. The molecule has 0 saturated carbocycles. The minimum Gasteiger partial charge on any atom is -0.292 e. The number of rotatable bonds is 0. The lowest BCUT2D eigenvalue weighted by Crippen LogP contribution is -2.52. The Bertz CT molecular complexity index is 148. The fourth-order valence-electron chi connectivity index (χ4n) is 0.967. The van der Waals surface area contributed by atoms with Crippen LogP contribution >= 0.6 is 22.6 Å². The number of likely N-dealkylation sites (N-methyl/N-ethyl adjacent to an activating group) is 1. The van der Waals surface area contributed by atoms with Gasteiger partial charge in [0.05, 0.1) is 13.1 Å². The summed E-state index contributed by atoms with van der Waals surface area (Å²) in [5.41, 5.74) is 0. The van der Waals surface area contributed by atoms with Crippen molar-refractivity contribution in [1.82, 2.24) is 4.90 Å². The average Bonchev–Trinajstić information content (AvgIpc) is 1.49. The molecular formula is C5H7F3INO. The summed E-state index contributed by atoms with van der Waals surface area (Å²) >= 11 is 1.22. The van der Waals surface area contributed by atoms with E-state index in [2.05, 4.69) is 4.74 Å². The first-order valence-electron chi connectivity index (χ1n) is 2.95. The van der Waals surface area contributed by atoms with Crippen LogP contribution in [-0.4, -0.2) is 35.0 Å². The highest BCUT2D eigenvalue weighted by Crippen LogP contribution is 2.35. The second-order valence-corrected chi connectivity index (χ2v) is 4.16. The van der Waals surface area contributed by atoms with Gasteiger partial charge in [-0.05, 0) is 29.6 Å². The van der Waals surface area contributed by atoms with E-state index in [9.17, 15) is 13.2 Å². The molecule has 1 aliphatic rings. The van der Waals surface area contributed by atoms with E-state index in [0.29, 0.717) is 0 Å². The predicted octanol–water partition coefficient (Wildman–Crippen LogP) is 1.60. The maximum absolute atomic E-state index is 12.9. The van der Waals surface area contributed by atoms with Crippen LogP contribution in [0.25, 0.3) is 0 Å². The largest absolute Gasteiger partial charge is 0.371 e. The molecule has 0 amide bonds. The van der Waals surface area contributed by atoms with Crippen LogP contribution in [0.1, 0.15) is 0 Å². The minimum atomic E-state index is -3.37. The summed E-state index contributed by atoms with van der Waals surface area (Å²) in [5, 5.41) is 0. The second kappa shape index (κ2) is 2.74. The lowest BCUT2D eigenvalue weighted by molar-refractivity contribution is -0.325. The van der Waals surface area contributed by atoms with E-state index in [1.807, 2.05) is 0 Å². The molecule has 0 aromatic heterocycles. The Hall–Kier alpha value is 0.440. The Morgan fingerprint density at radius 2 is 1.91 bits per heavy atom. The standard InChI is InChI=1S/C5H7F3INO/c1-10-2-4(6,7)11-5(8,9)3-10/h2-3H2,1H3. The molecule has 11 heavy (non-hydrogen) atoms. The fourth-order valence-corrected chi connectivity index (χ4v) is 1.87. The van der Waals surface area contributed by atoms with Gasteiger partial charge in [-0.3, -0.25) is 9.64 Å². The van der Waals surface area contributed by atoms with E-state index in [1.54, 1.807) is 0 Å². The Morgan fingerprint density at radius 1 is 1.36 bits per heavy atom. The molecule has 66 valence electrons. The zero-order valence-electron chi connectivity index (χ0n) is 5.78. The van der Waals surface area contributed by atoms with Crippen molar-refractivity contribution < 1.29 is 17.9 Å². The highest BCUT2D eigenvalue weighted by Gasteiger charge is 2.48. The minimum absolute atomic E-state index is 0.136. The summed E-state index contributed by atoms with van der Waals surface area (Å²) in [5.74, 6) is 0. The number of nitrogens with zero attached hydrogens (tertiary/aromatic N) is 1. The van der Waals surface area contributed by atoms with Crippen LogP contribution in [-0.2, 0) is 4.74 Å². The lowest BCUT2D eigenvalue weighted by atomic mass is 10.4. The van der Waals surface area contributed by atoms with E-state index in [4.69, 9.17) is 0 Å². The summed E-state index contributed by atoms with van der Waals surface area (Å²) in [7, 11) is 1.42. The van der Waals surface area contributed by atoms with Crippen molar-refractivity contribution in [2.75, 3.05) is 20.1 Å². The van der Waals surface area contributed by atoms with Crippen molar-refractivity contribution in [1.29, 1.82) is 0 Å². The molecule has 1 aliphatic heterocycles. The normalized spacial score (nSPS) is 39.0. The molecule has 0 radical (unpaired) electrons. The molecule has 0 bridgehead atoms. The van der Waals surface area contributed by atoms with Crippen LogP contribution in [0.4, 0.5) is 13.2 Å². The lowest BCUT2D eigenvalue weighted by Gasteiger charge is -2.36. The van der Waals surface area contributed by atoms with Crippen LogP contribution in [0.15, 0.2) is 0 Å². The smallest absolute Gasteiger partial charge is 0.292 e.